The largest absolute Gasteiger partial charge is 0.451 e. The van der Waals surface area contributed by atoms with Crippen LogP contribution in [0.3, 0.4) is 0 Å². The van der Waals surface area contributed by atoms with Gasteiger partial charge in [0.25, 0.3) is 11.8 Å². The van der Waals surface area contributed by atoms with Gasteiger partial charge < -0.3 is 29.3 Å². The number of rotatable bonds is 8. The number of alkyl halides is 1. The van der Waals surface area contributed by atoms with Crippen LogP contribution in [0.15, 0.2) is 65.2 Å². The second-order valence-electron chi connectivity index (χ2n) is 13.7. The van der Waals surface area contributed by atoms with E-state index in [2.05, 4.69) is 25.4 Å². The van der Waals surface area contributed by atoms with Crippen LogP contribution >= 0.6 is 0 Å². The van der Waals surface area contributed by atoms with Crippen LogP contribution < -0.4 is 10.6 Å². The number of nitrogens with zero attached hydrogens (tertiary/aromatic N) is 4. The second-order valence-corrected chi connectivity index (χ2v) is 13.7. The molecular formula is C35H41FN6O5. The number of aryl methyl sites for hydroxylation is 1. The van der Waals surface area contributed by atoms with Gasteiger partial charge in [-0.3, -0.25) is 19.3 Å². The fraction of sp³-hybridized carbons (Fsp3) is 0.543. The van der Waals surface area contributed by atoms with E-state index in [9.17, 15) is 14.4 Å². The lowest BCUT2D eigenvalue weighted by Crippen LogP contribution is -2.73. The number of likely N-dealkylation sites (tertiary alicyclic amines) is 1. The SMILES string of the molecule is O=C(NCCCn1ccnc1)C1=CN2C3CCCCC3OC3C(N4CCC(NC(=O)c5cc6ccccc6o5)C4)C(F)CC(C1=O)C32. The lowest BCUT2D eigenvalue weighted by molar-refractivity contribution is -0.209. The molecule has 248 valence electrons. The van der Waals surface area contributed by atoms with Gasteiger partial charge in [-0.05, 0) is 44.2 Å². The van der Waals surface area contributed by atoms with Crippen molar-refractivity contribution >= 4 is 28.6 Å². The Balaban J connectivity index is 0.983. The van der Waals surface area contributed by atoms with E-state index in [1.54, 1.807) is 24.8 Å². The van der Waals surface area contributed by atoms with Crippen molar-refractivity contribution in [1.29, 1.82) is 0 Å². The molecule has 0 bridgehead atoms. The van der Waals surface area contributed by atoms with Crippen LogP contribution in [0.4, 0.5) is 4.39 Å². The van der Waals surface area contributed by atoms with Crippen LogP contribution in [0.2, 0.25) is 0 Å². The number of hydrogen-bond donors (Lipinski definition) is 2. The first-order valence-electron chi connectivity index (χ1n) is 17.0. The summed E-state index contributed by atoms with van der Waals surface area (Å²) in [6, 6.07) is 8.25. The van der Waals surface area contributed by atoms with Gasteiger partial charge in [-0.25, -0.2) is 9.37 Å². The molecule has 3 aromatic rings. The number of carbonyl (C=O) groups is 3. The average Bonchev–Trinajstić information content (AvgIpc) is 3.86. The summed E-state index contributed by atoms with van der Waals surface area (Å²) in [5.74, 6) is -1.37. The van der Waals surface area contributed by atoms with E-state index < -0.39 is 30.1 Å². The van der Waals surface area contributed by atoms with Crippen molar-refractivity contribution in [2.45, 2.75) is 94.0 Å². The summed E-state index contributed by atoms with van der Waals surface area (Å²) < 4.78 is 30.9. The molecule has 2 amide bonds. The Morgan fingerprint density at radius 3 is 2.81 bits per heavy atom. The minimum atomic E-state index is -1.31. The van der Waals surface area contributed by atoms with Crippen molar-refractivity contribution in [3.8, 4) is 0 Å². The van der Waals surface area contributed by atoms with Gasteiger partial charge in [0.2, 0.25) is 0 Å². The first-order valence-corrected chi connectivity index (χ1v) is 17.0. The third-order valence-electron chi connectivity index (χ3n) is 10.9. The van der Waals surface area contributed by atoms with Crippen LogP contribution in [-0.4, -0.2) is 99.1 Å². The van der Waals surface area contributed by atoms with E-state index in [4.69, 9.17) is 9.15 Å². The normalized spacial score (nSPS) is 32.1. The second kappa shape index (κ2) is 12.5. The van der Waals surface area contributed by atoms with Gasteiger partial charge in [0.05, 0.1) is 42.2 Å². The number of nitrogens with one attached hydrogen (secondary N) is 2. The first-order chi connectivity index (χ1) is 22.9. The van der Waals surface area contributed by atoms with Gasteiger partial charge in [0, 0.05) is 62.1 Å². The zero-order chi connectivity index (χ0) is 32.1. The third-order valence-corrected chi connectivity index (χ3v) is 10.9. The topological polar surface area (TPSA) is 122 Å². The Hall–Kier alpha value is -4.03. The number of fused-ring (bicyclic) bond motifs is 3. The molecule has 2 aromatic heterocycles. The molecule has 4 fully saturated rings. The summed E-state index contributed by atoms with van der Waals surface area (Å²) in [5, 5.41) is 6.88. The van der Waals surface area contributed by atoms with Crippen molar-refractivity contribution in [2.75, 3.05) is 19.6 Å². The third kappa shape index (κ3) is 5.65. The maximum atomic E-state index is 16.4. The van der Waals surface area contributed by atoms with Crippen LogP contribution in [0.1, 0.15) is 55.5 Å². The minimum absolute atomic E-state index is 0.0413. The summed E-state index contributed by atoms with van der Waals surface area (Å²) in [5.41, 5.74) is 0.782. The van der Waals surface area contributed by atoms with E-state index >= 15 is 4.39 Å². The molecule has 0 radical (unpaired) electrons. The number of amides is 2. The summed E-state index contributed by atoms with van der Waals surface area (Å²) in [7, 11) is 0. The first kappa shape index (κ1) is 30.3. The molecule has 1 aromatic carbocycles. The number of Topliss-reactive ketones (excluding diaryl/α,β-unsaturated/α-hetero) is 1. The van der Waals surface area contributed by atoms with Crippen LogP contribution in [0, 0.1) is 5.92 Å². The van der Waals surface area contributed by atoms with Crippen molar-refractivity contribution in [2.24, 2.45) is 5.92 Å². The maximum Gasteiger partial charge on any atom is 0.287 e. The number of imidazole rings is 1. The Morgan fingerprint density at radius 1 is 1.09 bits per heavy atom. The number of benzene rings is 1. The highest BCUT2D eigenvalue weighted by Crippen LogP contribution is 2.47. The number of hydrogen-bond acceptors (Lipinski definition) is 8. The molecule has 3 aliphatic heterocycles. The molecule has 5 heterocycles. The van der Waals surface area contributed by atoms with Crippen LogP contribution in [0.25, 0.3) is 11.0 Å². The molecule has 2 saturated heterocycles. The summed E-state index contributed by atoms with van der Waals surface area (Å²) >= 11 is 0. The smallest absolute Gasteiger partial charge is 0.287 e. The number of ether oxygens (including phenoxy) is 1. The molecule has 12 heteroatoms. The fourth-order valence-electron chi connectivity index (χ4n) is 8.66. The summed E-state index contributed by atoms with van der Waals surface area (Å²) in [6.07, 6.45) is 10.4. The Bertz CT molecular complexity index is 1640. The highest BCUT2D eigenvalue weighted by molar-refractivity contribution is 6.20. The molecular weight excluding hydrogens is 603 g/mol. The van der Waals surface area contributed by atoms with Crippen LogP contribution in [-0.2, 0) is 20.9 Å². The number of para-hydroxylation sites is 1. The number of aromatic nitrogens is 2. The van der Waals surface area contributed by atoms with Gasteiger partial charge in [-0.15, -0.1) is 0 Å². The van der Waals surface area contributed by atoms with E-state index in [1.807, 2.05) is 35.0 Å². The highest BCUT2D eigenvalue weighted by atomic mass is 19.1. The molecule has 8 unspecified atom stereocenters. The van der Waals surface area contributed by atoms with E-state index in [0.29, 0.717) is 44.6 Å². The molecule has 47 heavy (non-hydrogen) atoms. The zero-order valence-electron chi connectivity index (χ0n) is 26.3. The molecule has 2 saturated carbocycles. The number of morpholine rings is 1. The van der Waals surface area contributed by atoms with Gasteiger partial charge in [-0.2, -0.15) is 0 Å². The molecule has 5 aliphatic rings. The standard InChI is InChI=1S/C35H41FN6O5/c36-25-17-23-30-33(31(25)41-14-10-22(18-41)39-35(45)29-16-21-6-1-3-8-27(21)46-29)47-28-9-4-2-7-26(28)42(30)19-24(32(23)43)34(44)38-11-5-13-40-15-12-37-20-40/h1,3,6,8,12,15-16,19-20,22-23,25-26,28,30-31,33H,2,4-5,7,9-11,13-14,17-18H2,(H,38,44)(H,39,45). The number of carbonyl (C=O) groups excluding carboxylic acids is 3. The predicted molar refractivity (Wildman–Crippen MR) is 170 cm³/mol. The Labute approximate surface area is 272 Å². The zero-order valence-corrected chi connectivity index (χ0v) is 26.3. The van der Waals surface area contributed by atoms with E-state index in [-0.39, 0.29) is 53.7 Å². The van der Waals surface area contributed by atoms with Crippen LogP contribution in [0.5, 0.6) is 0 Å². The van der Waals surface area contributed by atoms with Crippen molar-refractivity contribution in [1.82, 2.24) is 30.0 Å². The fourth-order valence-corrected chi connectivity index (χ4v) is 8.66. The molecule has 8 rings (SSSR count). The van der Waals surface area contributed by atoms with E-state index in [0.717, 1.165) is 31.1 Å². The lowest BCUT2D eigenvalue weighted by atomic mass is 9.69. The molecule has 2 N–H and O–H groups in total. The molecule has 2 aliphatic carbocycles. The van der Waals surface area contributed by atoms with Gasteiger partial charge >= 0.3 is 0 Å². The Kier molecular flexibility index (Phi) is 8.08. The van der Waals surface area contributed by atoms with Gasteiger partial charge in [-0.1, -0.05) is 31.0 Å². The monoisotopic (exact) mass is 644 g/mol. The average molecular weight is 645 g/mol. The molecule has 0 spiro atoms. The quantitative estimate of drug-likeness (QED) is 0.283. The highest BCUT2D eigenvalue weighted by Gasteiger charge is 2.60. The molecule has 8 atom stereocenters. The number of ketones is 1. The van der Waals surface area contributed by atoms with Crippen molar-refractivity contribution in [3.63, 3.8) is 0 Å². The van der Waals surface area contributed by atoms with Gasteiger partial charge in [0.15, 0.2) is 11.5 Å². The Morgan fingerprint density at radius 2 is 1.96 bits per heavy atom. The lowest BCUT2D eigenvalue weighted by Gasteiger charge is -2.60. The van der Waals surface area contributed by atoms with E-state index in [1.165, 1.54) is 0 Å². The van der Waals surface area contributed by atoms with Crippen molar-refractivity contribution < 1.29 is 27.9 Å². The van der Waals surface area contributed by atoms with Crippen molar-refractivity contribution in [3.05, 3.63) is 66.6 Å². The molecule has 11 nitrogen and oxygen atoms in total. The number of furan rings is 1. The predicted octanol–water partition coefficient (Wildman–Crippen LogP) is 3.21. The summed E-state index contributed by atoms with van der Waals surface area (Å²) in [4.78, 5) is 48.7. The minimum Gasteiger partial charge on any atom is -0.451 e. The maximum absolute atomic E-state index is 16.4. The number of halogens is 1. The van der Waals surface area contributed by atoms with Gasteiger partial charge in [0.1, 0.15) is 11.8 Å². The summed E-state index contributed by atoms with van der Waals surface area (Å²) in [6.45, 7) is 2.22.